The van der Waals surface area contributed by atoms with E-state index in [4.69, 9.17) is 14.2 Å². The molecule has 0 amide bonds. The number of ether oxygens (including phenoxy) is 3. The second kappa shape index (κ2) is 8.14. The van der Waals surface area contributed by atoms with E-state index in [1.807, 2.05) is 31.2 Å². The van der Waals surface area contributed by atoms with E-state index in [9.17, 15) is 5.11 Å². The van der Waals surface area contributed by atoms with Crippen LogP contribution in [0.4, 0.5) is 0 Å². The Morgan fingerprint density at radius 1 is 1.05 bits per heavy atom. The van der Waals surface area contributed by atoms with Crippen molar-refractivity contribution in [1.82, 2.24) is 0 Å². The summed E-state index contributed by atoms with van der Waals surface area (Å²) in [5, 5.41) is 11.7. The maximum Gasteiger partial charge on any atom is 0.188 e. The van der Waals surface area contributed by atoms with E-state index >= 15 is 0 Å². The van der Waals surface area contributed by atoms with Crippen molar-refractivity contribution in [3.8, 4) is 11.5 Å². The Balaban J connectivity index is 2.34. The molecule has 2 aromatic carbocycles. The summed E-state index contributed by atoms with van der Waals surface area (Å²) in [6.45, 7) is 2.25. The van der Waals surface area contributed by atoms with Crippen LogP contribution in [-0.2, 0) is 11.3 Å². The SMILES string of the molecule is COCOc1ccc(OC)cc1Pc1ccc(C)cc1CO. The molecule has 1 atom stereocenters. The van der Waals surface area contributed by atoms with Crippen LogP contribution in [0.2, 0.25) is 0 Å². The molecule has 2 rings (SSSR count). The van der Waals surface area contributed by atoms with Crippen LogP contribution in [0.3, 0.4) is 0 Å². The number of rotatable bonds is 7. The zero-order chi connectivity index (χ0) is 15.9. The Labute approximate surface area is 132 Å². The summed E-state index contributed by atoms with van der Waals surface area (Å²) in [6, 6.07) is 11.8. The van der Waals surface area contributed by atoms with E-state index in [0.717, 1.165) is 33.2 Å². The summed E-state index contributed by atoms with van der Waals surface area (Å²) in [4.78, 5) is 0. The third kappa shape index (κ3) is 4.20. The number of aliphatic hydroxyl groups is 1. The smallest absolute Gasteiger partial charge is 0.188 e. The fourth-order valence-corrected chi connectivity index (χ4v) is 3.36. The van der Waals surface area contributed by atoms with Crippen molar-refractivity contribution in [2.45, 2.75) is 13.5 Å². The molecule has 0 spiro atoms. The first kappa shape index (κ1) is 16.8. The van der Waals surface area contributed by atoms with E-state index in [1.54, 1.807) is 14.2 Å². The van der Waals surface area contributed by atoms with Crippen LogP contribution >= 0.6 is 8.58 Å². The first-order chi connectivity index (χ1) is 10.7. The molecule has 0 aliphatic carbocycles. The predicted molar refractivity (Wildman–Crippen MR) is 90.2 cm³/mol. The zero-order valence-corrected chi connectivity index (χ0v) is 14.1. The van der Waals surface area contributed by atoms with Gasteiger partial charge in [-0.15, -0.1) is 0 Å². The lowest BCUT2D eigenvalue weighted by atomic mass is 10.1. The molecule has 0 bridgehead atoms. The maximum atomic E-state index is 9.56. The van der Waals surface area contributed by atoms with Gasteiger partial charge in [0.15, 0.2) is 6.79 Å². The monoisotopic (exact) mass is 320 g/mol. The van der Waals surface area contributed by atoms with Crippen molar-refractivity contribution in [3.63, 3.8) is 0 Å². The number of hydrogen-bond donors (Lipinski definition) is 1. The molecule has 0 saturated heterocycles. The molecule has 4 nitrogen and oxygen atoms in total. The van der Waals surface area contributed by atoms with Crippen LogP contribution < -0.4 is 20.1 Å². The van der Waals surface area contributed by atoms with Gasteiger partial charge in [0.05, 0.1) is 13.7 Å². The molecule has 0 radical (unpaired) electrons. The molecular formula is C17H21O4P. The molecule has 0 aliphatic rings. The molecule has 0 heterocycles. The summed E-state index contributed by atoms with van der Waals surface area (Å²) >= 11 is 0. The Kier molecular flexibility index (Phi) is 6.20. The number of aliphatic hydroxyl groups excluding tert-OH is 1. The van der Waals surface area contributed by atoms with E-state index in [1.165, 1.54) is 0 Å². The van der Waals surface area contributed by atoms with Gasteiger partial charge in [0.25, 0.3) is 0 Å². The fraction of sp³-hybridized carbons (Fsp3) is 0.294. The van der Waals surface area contributed by atoms with Crippen molar-refractivity contribution in [2.75, 3.05) is 21.0 Å². The molecule has 118 valence electrons. The predicted octanol–water partition coefficient (Wildman–Crippen LogP) is 2.11. The zero-order valence-electron chi connectivity index (χ0n) is 13.1. The van der Waals surface area contributed by atoms with Crippen LogP contribution in [-0.4, -0.2) is 26.1 Å². The Morgan fingerprint density at radius 2 is 1.86 bits per heavy atom. The van der Waals surface area contributed by atoms with E-state index in [-0.39, 0.29) is 13.4 Å². The normalized spacial score (nSPS) is 11.1. The minimum Gasteiger partial charge on any atom is -0.497 e. The highest BCUT2D eigenvalue weighted by Crippen LogP contribution is 2.25. The van der Waals surface area contributed by atoms with Gasteiger partial charge in [-0.3, -0.25) is 0 Å². The highest BCUT2D eigenvalue weighted by atomic mass is 31.1. The molecular weight excluding hydrogens is 299 g/mol. The summed E-state index contributed by atoms with van der Waals surface area (Å²) in [7, 11) is 3.60. The average Bonchev–Trinajstić information content (AvgIpc) is 2.55. The molecule has 1 unspecified atom stereocenters. The minimum atomic E-state index is 0.0300. The average molecular weight is 320 g/mol. The van der Waals surface area contributed by atoms with Gasteiger partial charge in [0.2, 0.25) is 0 Å². The molecule has 22 heavy (non-hydrogen) atoms. The third-order valence-corrected chi connectivity index (χ3v) is 4.64. The number of hydrogen-bond acceptors (Lipinski definition) is 4. The lowest BCUT2D eigenvalue weighted by Gasteiger charge is -2.14. The van der Waals surface area contributed by atoms with Crippen molar-refractivity contribution >= 4 is 19.2 Å². The van der Waals surface area contributed by atoms with Gasteiger partial charge in [-0.25, -0.2) is 0 Å². The highest BCUT2D eigenvalue weighted by Gasteiger charge is 2.10. The first-order valence-corrected chi connectivity index (χ1v) is 7.95. The van der Waals surface area contributed by atoms with Crippen LogP contribution in [0.15, 0.2) is 36.4 Å². The Hall–Kier alpha value is -1.61. The van der Waals surface area contributed by atoms with Crippen LogP contribution in [0.25, 0.3) is 0 Å². The topological polar surface area (TPSA) is 47.9 Å². The van der Waals surface area contributed by atoms with Crippen LogP contribution in [0.5, 0.6) is 11.5 Å². The molecule has 1 N–H and O–H groups in total. The maximum absolute atomic E-state index is 9.56. The van der Waals surface area contributed by atoms with Crippen LogP contribution in [0, 0.1) is 6.92 Å². The van der Waals surface area contributed by atoms with Gasteiger partial charge in [-0.05, 0) is 36.0 Å². The summed E-state index contributed by atoms with van der Waals surface area (Å²) in [5.74, 6) is 1.55. The lowest BCUT2D eigenvalue weighted by molar-refractivity contribution is 0.0519. The minimum absolute atomic E-state index is 0.0300. The van der Waals surface area contributed by atoms with Crippen LogP contribution in [0.1, 0.15) is 11.1 Å². The summed E-state index contributed by atoms with van der Waals surface area (Å²) in [6.07, 6.45) is 0. The molecule has 0 aromatic heterocycles. The fourth-order valence-electron chi connectivity index (χ4n) is 2.10. The molecule has 0 fully saturated rings. The second-order valence-corrected chi connectivity index (χ2v) is 6.18. The van der Waals surface area contributed by atoms with Gasteiger partial charge in [-0.2, -0.15) is 0 Å². The third-order valence-electron chi connectivity index (χ3n) is 3.22. The molecule has 0 saturated carbocycles. The van der Waals surface area contributed by atoms with E-state index in [2.05, 4.69) is 12.1 Å². The van der Waals surface area contributed by atoms with Gasteiger partial charge in [0.1, 0.15) is 11.5 Å². The second-order valence-electron chi connectivity index (χ2n) is 4.86. The standard InChI is InChI=1S/C17H21O4P/c1-12-4-7-16(13(8-12)10-18)22-17-9-14(20-3)5-6-15(17)21-11-19-2/h4-9,18,22H,10-11H2,1-3H3. The number of aryl methyl sites for hydroxylation is 1. The van der Waals surface area contributed by atoms with E-state index in [0.29, 0.717) is 8.58 Å². The van der Waals surface area contributed by atoms with E-state index < -0.39 is 0 Å². The first-order valence-electron chi connectivity index (χ1n) is 6.95. The van der Waals surface area contributed by atoms with Crippen molar-refractivity contribution in [3.05, 3.63) is 47.5 Å². The summed E-state index contributed by atoms with van der Waals surface area (Å²) in [5.41, 5.74) is 2.08. The Morgan fingerprint density at radius 3 is 2.55 bits per heavy atom. The van der Waals surface area contributed by atoms with Crippen molar-refractivity contribution < 1.29 is 19.3 Å². The molecule has 2 aromatic rings. The number of methoxy groups -OCH3 is 2. The lowest BCUT2D eigenvalue weighted by Crippen LogP contribution is -2.13. The van der Waals surface area contributed by atoms with Gasteiger partial charge >= 0.3 is 0 Å². The van der Waals surface area contributed by atoms with Gasteiger partial charge in [-0.1, -0.05) is 32.3 Å². The summed E-state index contributed by atoms with van der Waals surface area (Å²) < 4.78 is 15.9. The van der Waals surface area contributed by atoms with Gasteiger partial charge < -0.3 is 19.3 Å². The van der Waals surface area contributed by atoms with Crippen molar-refractivity contribution in [2.24, 2.45) is 0 Å². The quantitative estimate of drug-likeness (QED) is 0.627. The molecule has 0 aliphatic heterocycles. The van der Waals surface area contributed by atoms with Crippen molar-refractivity contribution in [1.29, 1.82) is 0 Å². The van der Waals surface area contributed by atoms with Gasteiger partial charge in [0, 0.05) is 12.4 Å². The molecule has 5 heteroatoms. The highest BCUT2D eigenvalue weighted by molar-refractivity contribution is 7.55. The number of benzene rings is 2. The largest absolute Gasteiger partial charge is 0.497 e. The Bertz CT molecular complexity index is 628.